The van der Waals surface area contributed by atoms with Gasteiger partial charge in [-0.25, -0.2) is 10.2 Å². The highest BCUT2D eigenvalue weighted by Gasteiger charge is 2.27. The molecule has 3 aromatic rings. The summed E-state index contributed by atoms with van der Waals surface area (Å²) in [5, 5.41) is 4.00. The van der Waals surface area contributed by atoms with E-state index in [1.807, 2.05) is 30.3 Å². The fourth-order valence-electron chi connectivity index (χ4n) is 4.23. The maximum atomic E-state index is 12.4. The van der Waals surface area contributed by atoms with Crippen LogP contribution in [-0.4, -0.2) is 24.7 Å². The van der Waals surface area contributed by atoms with E-state index in [-0.39, 0.29) is 17.4 Å². The van der Waals surface area contributed by atoms with Gasteiger partial charge in [-0.2, -0.15) is 5.10 Å². The normalized spacial score (nSPS) is 11.8. The first-order chi connectivity index (χ1) is 17.4. The van der Waals surface area contributed by atoms with Crippen molar-refractivity contribution < 1.29 is 19.1 Å². The number of nitrogens with zero attached hydrogens (tertiary/aromatic N) is 1. The second kappa shape index (κ2) is 12.2. The Balaban J connectivity index is 1.55. The maximum Gasteiger partial charge on any atom is 0.343 e. The highest BCUT2D eigenvalue weighted by atomic mass is 79.9. The minimum Gasteiger partial charge on any atom is -0.484 e. The van der Waals surface area contributed by atoms with E-state index in [9.17, 15) is 9.59 Å². The van der Waals surface area contributed by atoms with Gasteiger partial charge in [-0.15, -0.1) is 0 Å². The molecule has 0 unspecified atom stereocenters. The molecule has 0 atom stereocenters. The van der Waals surface area contributed by atoms with E-state index in [0.717, 1.165) is 10.9 Å². The van der Waals surface area contributed by atoms with E-state index >= 15 is 0 Å². The van der Waals surface area contributed by atoms with Crippen LogP contribution in [0, 0.1) is 5.41 Å². The van der Waals surface area contributed by atoms with Gasteiger partial charge in [0.1, 0.15) is 11.5 Å². The van der Waals surface area contributed by atoms with E-state index in [4.69, 9.17) is 9.47 Å². The van der Waals surface area contributed by atoms with Crippen molar-refractivity contribution >= 4 is 34.0 Å². The molecule has 7 heteroatoms. The van der Waals surface area contributed by atoms with E-state index < -0.39 is 11.9 Å². The molecule has 3 aromatic carbocycles. The quantitative estimate of drug-likeness (QED) is 0.132. The molecule has 0 aliphatic rings. The fourth-order valence-corrected chi connectivity index (χ4v) is 4.61. The van der Waals surface area contributed by atoms with Crippen molar-refractivity contribution in [2.45, 2.75) is 46.5 Å². The van der Waals surface area contributed by atoms with Crippen molar-refractivity contribution in [3.05, 3.63) is 94.0 Å². The summed E-state index contributed by atoms with van der Waals surface area (Å²) in [4.78, 5) is 24.7. The van der Waals surface area contributed by atoms with Crippen LogP contribution in [0.4, 0.5) is 0 Å². The van der Waals surface area contributed by atoms with Crippen molar-refractivity contribution in [3.63, 3.8) is 0 Å². The molecule has 0 saturated carbocycles. The van der Waals surface area contributed by atoms with Gasteiger partial charge in [-0.05, 0) is 65.3 Å². The summed E-state index contributed by atoms with van der Waals surface area (Å²) >= 11 is 3.40. The van der Waals surface area contributed by atoms with Crippen molar-refractivity contribution in [2.75, 3.05) is 6.61 Å². The summed E-state index contributed by atoms with van der Waals surface area (Å²) in [6.45, 7) is 11.0. The minimum absolute atomic E-state index is 0.0313. The Hall–Kier alpha value is -3.45. The molecule has 0 radical (unpaired) electrons. The van der Waals surface area contributed by atoms with Crippen LogP contribution in [0.3, 0.4) is 0 Å². The smallest absolute Gasteiger partial charge is 0.343 e. The van der Waals surface area contributed by atoms with Crippen LogP contribution in [0.2, 0.25) is 0 Å². The number of ether oxygens (including phenoxy) is 2. The number of hydrazone groups is 1. The lowest BCUT2D eigenvalue weighted by Gasteiger charge is -2.33. The Kier molecular flexibility index (Phi) is 9.27. The first-order valence-electron chi connectivity index (χ1n) is 12.0. The number of halogens is 1. The zero-order valence-electron chi connectivity index (χ0n) is 21.9. The molecular weight excluding hydrogens is 532 g/mol. The summed E-state index contributed by atoms with van der Waals surface area (Å²) < 4.78 is 11.9. The molecule has 0 aromatic heterocycles. The lowest BCUT2D eigenvalue weighted by Crippen LogP contribution is -2.25. The number of nitrogens with one attached hydrogen (secondary N) is 1. The number of carbonyl (C=O) groups excluding carboxylic acids is 2. The molecule has 6 nitrogen and oxygen atoms in total. The van der Waals surface area contributed by atoms with Crippen LogP contribution < -0.4 is 14.9 Å². The van der Waals surface area contributed by atoms with Gasteiger partial charge in [0.2, 0.25) is 0 Å². The molecule has 0 heterocycles. The van der Waals surface area contributed by atoms with Gasteiger partial charge in [0, 0.05) is 10.0 Å². The third-order valence-electron chi connectivity index (χ3n) is 5.55. The highest BCUT2D eigenvalue weighted by Crippen LogP contribution is 2.36. The number of esters is 1. The second-order valence-electron chi connectivity index (χ2n) is 10.7. The van der Waals surface area contributed by atoms with Crippen LogP contribution in [0.25, 0.3) is 0 Å². The predicted molar refractivity (Wildman–Crippen MR) is 150 cm³/mol. The summed E-state index contributed by atoms with van der Waals surface area (Å²) in [5.74, 6) is 0.0337. The van der Waals surface area contributed by atoms with Gasteiger partial charge in [-0.3, -0.25) is 4.79 Å². The lowest BCUT2D eigenvalue weighted by molar-refractivity contribution is -0.123. The monoisotopic (exact) mass is 564 g/mol. The molecule has 0 fully saturated rings. The average Bonchev–Trinajstić information content (AvgIpc) is 2.83. The van der Waals surface area contributed by atoms with Gasteiger partial charge in [0.15, 0.2) is 6.61 Å². The Morgan fingerprint density at radius 1 is 0.946 bits per heavy atom. The fraction of sp³-hybridized carbons (Fsp3) is 0.300. The molecule has 1 N–H and O–H groups in total. The summed E-state index contributed by atoms with van der Waals surface area (Å²) in [7, 11) is 0. The summed E-state index contributed by atoms with van der Waals surface area (Å²) in [6, 6.07) is 21.7. The van der Waals surface area contributed by atoms with E-state index in [2.05, 4.69) is 61.1 Å². The Bertz CT molecular complexity index is 1250. The van der Waals surface area contributed by atoms with Crippen molar-refractivity contribution in [1.29, 1.82) is 0 Å². The molecular formula is C30H33BrN2O4. The Morgan fingerprint density at radius 2 is 1.62 bits per heavy atom. The lowest BCUT2D eigenvalue weighted by atomic mass is 9.72. The molecule has 0 saturated heterocycles. The number of amides is 1. The van der Waals surface area contributed by atoms with Crippen molar-refractivity contribution in [2.24, 2.45) is 10.5 Å². The number of hydrogen-bond donors (Lipinski definition) is 1. The van der Waals surface area contributed by atoms with Crippen molar-refractivity contribution in [1.82, 2.24) is 5.43 Å². The molecule has 1 amide bonds. The molecule has 0 aliphatic heterocycles. The average molecular weight is 566 g/mol. The highest BCUT2D eigenvalue weighted by molar-refractivity contribution is 9.10. The van der Waals surface area contributed by atoms with Gasteiger partial charge in [0.25, 0.3) is 5.91 Å². The molecule has 0 aliphatic carbocycles. The number of carbonyl (C=O) groups is 2. The zero-order valence-corrected chi connectivity index (χ0v) is 23.5. The standard InChI is InChI=1S/C30H33BrN2O4/c1-29(2,3)20-30(4,5)23-11-14-25(15-12-23)36-19-27(34)33-32-18-22-17-24(31)13-16-26(22)37-28(35)21-9-7-6-8-10-21/h6-18H,19-20H2,1-5H3,(H,33,34)/b32-18-. The molecule has 3 rings (SSSR count). The number of hydrogen-bond acceptors (Lipinski definition) is 5. The Morgan fingerprint density at radius 3 is 2.27 bits per heavy atom. The van der Waals surface area contributed by atoms with Crippen LogP contribution in [0.1, 0.15) is 62.5 Å². The Labute approximate surface area is 227 Å². The van der Waals surface area contributed by atoms with Gasteiger partial charge < -0.3 is 9.47 Å². The molecule has 0 bridgehead atoms. The molecule has 0 spiro atoms. The second-order valence-corrected chi connectivity index (χ2v) is 11.6. The maximum absolute atomic E-state index is 12.4. The predicted octanol–water partition coefficient (Wildman–Crippen LogP) is 6.91. The van der Waals surface area contributed by atoms with Gasteiger partial charge >= 0.3 is 5.97 Å². The SMILES string of the molecule is CC(C)(C)CC(C)(C)c1ccc(OCC(=O)N/N=C\c2cc(Br)ccc2OC(=O)c2ccccc2)cc1. The van der Waals surface area contributed by atoms with Crippen LogP contribution in [0.5, 0.6) is 11.5 Å². The molecule has 194 valence electrons. The first kappa shape index (κ1) is 28.1. The third-order valence-corrected chi connectivity index (χ3v) is 6.05. The summed E-state index contributed by atoms with van der Waals surface area (Å²) in [6.07, 6.45) is 2.47. The zero-order chi connectivity index (χ0) is 27.1. The van der Waals surface area contributed by atoms with Gasteiger partial charge in [0.05, 0.1) is 11.8 Å². The van der Waals surface area contributed by atoms with E-state index in [0.29, 0.717) is 22.6 Å². The van der Waals surface area contributed by atoms with Gasteiger partial charge in [-0.1, -0.05) is 80.9 Å². The van der Waals surface area contributed by atoms with Crippen LogP contribution in [-0.2, 0) is 10.2 Å². The topological polar surface area (TPSA) is 77.0 Å². The summed E-state index contributed by atoms with van der Waals surface area (Å²) in [5.41, 5.74) is 4.88. The number of rotatable bonds is 9. The van der Waals surface area contributed by atoms with E-state index in [1.54, 1.807) is 42.5 Å². The van der Waals surface area contributed by atoms with Crippen molar-refractivity contribution in [3.8, 4) is 11.5 Å². The van der Waals surface area contributed by atoms with Crippen LogP contribution >= 0.6 is 15.9 Å². The minimum atomic E-state index is -0.483. The largest absolute Gasteiger partial charge is 0.484 e. The number of benzene rings is 3. The third kappa shape index (κ3) is 8.86. The first-order valence-corrected chi connectivity index (χ1v) is 12.8. The van der Waals surface area contributed by atoms with E-state index in [1.165, 1.54) is 11.8 Å². The van der Waals surface area contributed by atoms with Crippen LogP contribution in [0.15, 0.2) is 82.4 Å². The molecule has 37 heavy (non-hydrogen) atoms.